The first-order valence-electron chi connectivity index (χ1n) is 11.7. The minimum atomic E-state index is -3.11. The van der Waals surface area contributed by atoms with Crippen molar-refractivity contribution in [1.82, 2.24) is 25.0 Å². The fourth-order valence-corrected chi connectivity index (χ4v) is 4.64. The van der Waals surface area contributed by atoms with Crippen LogP contribution in [-0.4, -0.2) is 69.8 Å². The van der Waals surface area contributed by atoms with Crippen molar-refractivity contribution < 1.29 is 18.4 Å². The first-order valence-corrected chi connectivity index (χ1v) is 11.7. The summed E-state index contributed by atoms with van der Waals surface area (Å²) in [4.78, 5) is 34.7. The summed E-state index contributed by atoms with van der Waals surface area (Å²) >= 11 is 0. The summed E-state index contributed by atoms with van der Waals surface area (Å²) in [5, 5.41) is 12.2. The lowest BCUT2D eigenvalue weighted by atomic mass is 10.0. The molecule has 2 unspecified atom stereocenters. The molecule has 2 aromatic rings. The number of benzene rings is 1. The molecular weight excluding hydrogens is 478 g/mol. The van der Waals surface area contributed by atoms with Crippen LogP contribution in [0.3, 0.4) is 0 Å². The average molecular weight is 503 g/mol. The van der Waals surface area contributed by atoms with E-state index in [-0.39, 0.29) is 6.17 Å². The Labute approximate surface area is 212 Å². The molecule has 8 nitrogen and oxygen atoms in total. The van der Waals surface area contributed by atoms with Gasteiger partial charge in [-0.05, 0) is 35.4 Å². The highest BCUT2D eigenvalue weighted by Crippen LogP contribution is 2.31. The van der Waals surface area contributed by atoms with Crippen molar-refractivity contribution in [3.8, 4) is 6.07 Å². The molecule has 0 aliphatic carbocycles. The number of hydrogen-bond donors (Lipinski definition) is 1. The van der Waals surface area contributed by atoms with Gasteiger partial charge in [0.1, 0.15) is 12.2 Å². The van der Waals surface area contributed by atoms with Crippen LogP contribution in [0.5, 0.6) is 0 Å². The maximum absolute atomic E-state index is 13.7. The normalized spacial score (nSPS) is 21.9. The quantitative estimate of drug-likeness (QED) is 0.675. The summed E-state index contributed by atoms with van der Waals surface area (Å²) in [5.74, 6) is -4.37. The third-order valence-electron chi connectivity index (χ3n) is 6.57. The van der Waals surface area contributed by atoms with Crippen molar-refractivity contribution >= 4 is 28.8 Å². The number of nitrogens with zero attached hydrogens (tertiary/aromatic N) is 5. The van der Waals surface area contributed by atoms with E-state index in [1.54, 1.807) is 18.2 Å². The zero-order chi connectivity index (χ0) is 26.2. The second-order valence-electron chi connectivity index (χ2n) is 9.19. The van der Waals surface area contributed by atoms with Gasteiger partial charge in [-0.1, -0.05) is 24.3 Å². The summed E-state index contributed by atoms with van der Waals surface area (Å²) in [7, 11) is 2.01. The van der Waals surface area contributed by atoms with Crippen molar-refractivity contribution in [3.05, 3.63) is 84.0 Å². The largest absolute Gasteiger partial charge is 0.356 e. The van der Waals surface area contributed by atoms with Gasteiger partial charge in [-0.15, -0.1) is 0 Å². The number of halogens is 2. The van der Waals surface area contributed by atoms with Crippen molar-refractivity contribution in [3.63, 3.8) is 0 Å². The van der Waals surface area contributed by atoms with Crippen LogP contribution in [0.4, 0.5) is 8.78 Å². The standard InChI is InChI=1S/C27H24F2N6O2/c1-33-10-11-34-16-19(5-7-24(33)34)3-2-18-4-6-23-22(12-18)21(8-9-31-23)26(37)32-15-25(36)35-17-27(28,29)13-20(35)14-30/h2-12,16,20,24H,13,15,17H2,1H3,(H,32,37)/b3-2+. The van der Waals surface area contributed by atoms with Crippen LogP contribution in [0.15, 0.2) is 72.9 Å². The van der Waals surface area contributed by atoms with Gasteiger partial charge in [0, 0.05) is 43.7 Å². The van der Waals surface area contributed by atoms with Crippen LogP contribution in [0.2, 0.25) is 0 Å². The Bertz CT molecular complexity index is 1420. The predicted octanol–water partition coefficient (Wildman–Crippen LogP) is 3.24. The molecule has 0 spiro atoms. The predicted molar refractivity (Wildman–Crippen MR) is 134 cm³/mol. The van der Waals surface area contributed by atoms with Gasteiger partial charge in [-0.25, -0.2) is 8.78 Å². The molecule has 2 atom stereocenters. The minimum absolute atomic E-state index is 0.185. The molecule has 0 bridgehead atoms. The maximum Gasteiger partial charge on any atom is 0.268 e. The molecule has 1 aromatic carbocycles. The highest BCUT2D eigenvalue weighted by molar-refractivity contribution is 6.07. The number of carbonyl (C=O) groups is 2. The summed E-state index contributed by atoms with van der Waals surface area (Å²) in [6.45, 7) is -1.32. The molecule has 0 saturated carbocycles. The fraction of sp³-hybridized carbons (Fsp3) is 0.259. The van der Waals surface area contributed by atoms with E-state index in [9.17, 15) is 18.4 Å². The van der Waals surface area contributed by atoms with Gasteiger partial charge >= 0.3 is 0 Å². The van der Waals surface area contributed by atoms with Gasteiger partial charge in [-0.3, -0.25) is 14.6 Å². The van der Waals surface area contributed by atoms with E-state index in [2.05, 4.69) is 26.2 Å². The molecule has 188 valence electrons. The van der Waals surface area contributed by atoms with Crippen molar-refractivity contribution in [2.45, 2.75) is 24.6 Å². The zero-order valence-electron chi connectivity index (χ0n) is 20.0. The number of nitrogens with one attached hydrogen (secondary N) is 1. The Hall–Kier alpha value is -4.52. The minimum Gasteiger partial charge on any atom is -0.356 e. The van der Waals surface area contributed by atoms with Gasteiger partial charge in [0.2, 0.25) is 5.91 Å². The molecule has 1 fully saturated rings. The van der Waals surface area contributed by atoms with E-state index in [4.69, 9.17) is 5.26 Å². The van der Waals surface area contributed by atoms with Crippen molar-refractivity contribution in [2.24, 2.45) is 0 Å². The lowest BCUT2D eigenvalue weighted by Crippen LogP contribution is -2.43. The number of fused-ring (bicyclic) bond motifs is 2. The molecule has 1 N–H and O–H groups in total. The third-order valence-corrected chi connectivity index (χ3v) is 6.57. The van der Waals surface area contributed by atoms with Crippen molar-refractivity contribution in [2.75, 3.05) is 20.1 Å². The fourth-order valence-electron chi connectivity index (χ4n) is 4.64. The second kappa shape index (κ2) is 9.50. The number of alkyl halides is 2. The molecular formula is C27H24F2N6O2. The van der Waals surface area contributed by atoms with Gasteiger partial charge in [-0.2, -0.15) is 5.26 Å². The van der Waals surface area contributed by atoms with E-state index in [0.717, 1.165) is 16.0 Å². The molecule has 3 aliphatic rings. The first-order chi connectivity index (χ1) is 17.7. The van der Waals surface area contributed by atoms with Crippen LogP contribution in [-0.2, 0) is 4.79 Å². The Morgan fingerprint density at radius 1 is 1.27 bits per heavy atom. The van der Waals surface area contributed by atoms with Crippen LogP contribution in [0.1, 0.15) is 22.3 Å². The molecule has 5 rings (SSSR count). The number of allylic oxidation sites excluding steroid dienone is 3. The lowest BCUT2D eigenvalue weighted by Gasteiger charge is -2.28. The van der Waals surface area contributed by atoms with E-state index >= 15 is 0 Å². The number of likely N-dealkylation sites (N-methyl/N-ethyl adjacent to an activating group) is 1. The van der Waals surface area contributed by atoms with E-state index in [0.29, 0.717) is 16.5 Å². The number of hydrogen-bond acceptors (Lipinski definition) is 6. The number of likely N-dealkylation sites (tertiary alicyclic amines) is 1. The molecule has 2 amide bonds. The van der Waals surface area contributed by atoms with E-state index in [1.165, 1.54) is 6.20 Å². The monoisotopic (exact) mass is 502 g/mol. The van der Waals surface area contributed by atoms with Crippen LogP contribution in [0, 0.1) is 11.3 Å². The third kappa shape index (κ3) is 4.93. The first kappa shape index (κ1) is 24.2. The van der Waals surface area contributed by atoms with Gasteiger partial charge in [0.25, 0.3) is 11.8 Å². The number of rotatable bonds is 5. The number of amides is 2. The van der Waals surface area contributed by atoms with E-state index in [1.807, 2.05) is 56.0 Å². The summed E-state index contributed by atoms with van der Waals surface area (Å²) in [6, 6.07) is 7.60. The van der Waals surface area contributed by atoms with E-state index < -0.39 is 43.3 Å². The highest BCUT2D eigenvalue weighted by Gasteiger charge is 2.47. The van der Waals surface area contributed by atoms with Crippen LogP contribution in [0.25, 0.3) is 17.0 Å². The summed E-state index contributed by atoms with van der Waals surface area (Å²) < 4.78 is 27.3. The van der Waals surface area contributed by atoms with Crippen LogP contribution >= 0.6 is 0 Å². The highest BCUT2D eigenvalue weighted by atomic mass is 19.3. The number of aromatic nitrogens is 1. The Morgan fingerprint density at radius 3 is 2.92 bits per heavy atom. The number of nitriles is 1. The topological polar surface area (TPSA) is 92.6 Å². The second-order valence-corrected chi connectivity index (χ2v) is 9.19. The Kier molecular flexibility index (Phi) is 6.21. The van der Waals surface area contributed by atoms with Gasteiger partial charge in [0.05, 0.1) is 30.2 Å². The Balaban J connectivity index is 1.30. The Morgan fingerprint density at radius 2 is 2.11 bits per heavy atom. The molecule has 37 heavy (non-hydrogen) atoms. The molecule has 0 radical (unpaired) electrons. The smallest absolute Gasteiger partial charge is 0.268 e. The molecule has 1 aromatic heterocycles. The number of pyridine rings is 1. The van der Waals surface area contributed by atoms with Gasteiger partial charge < -0.3 is 20.0 Å². The molecule has 10 heteroatoms. The summed E-state index contributed by atoms with van der Waals surface area (Å²) in [6.07, 6.45) is 15.1. The zero-order valence-corrected chi connectivity index (χ0v) is 20.0. The lowest BCUT2D eigenvalue weighted by molar-refractivity contribution is -0.131. The molecule has 4 heterocycles. The van der Waals surface area contributed by atoms with Crippen molar-refractivity contribution in [1.29, 1.82) is 5.26 Å². The SMILES string of the molecule is CN1C=CN2C=C(/C=C/c3ccc4nccc(C(=O)NCC(=O)N5CC(F)(F)CC5C#N)c4c3)C=CC12. The van der Waals surface area contributed by atoms with Crippen LogP contribution < -0.4 is 5.32 Å². The number of carbonyl (C=O) groups excluding carboxylic acids is 2. The van der Waals surface area contributed by atoms with Gasteiger partial charge in [0.15, 0.2) is 0 Å². The maximum atomic E-state index is 13.7. The molecule has 1 saturated heterocycles. The summed E-state index contributed by atoms with van der Waals surface area (Å²) in [5.41, 5.74) is 2.78. The average Bonchev–Trinajstić information content (AvgIpc) is 3.43. The molecule has 3 aliphatic heterocycles.